The number of halogens is 2. The van der Waals surface area contributed by atoms with Crippen LogP contribution < -0.4 is 5.32 Å². The number of thiazole rings is 1. The fourth-order valence-electron chi connectivity index (χ4n) is 3.38. The van der Waals surface area contributed by atoms with E-state index in [1.54, 1.807) is 18.2 Å². The first-order chi connectivity index (χ1) is 15.6. The molecular weight excluding hydrogens is 489 g/mol. The first kappa shape index (κ1) is 20.5. The normalized spacial score (nSPS) is 10.9. The van der Waals surface area contributed by atoms with E-state index < -0.39 is 0 Å². The number of carbonyl (C=O) groups excluding carboxylic acids is 1. The minimum Gasteiger partial charge on any atom is -0.298 e. The first-order valence-electron chi connectivity index (χ1n) is 9.75. The number of anilines is 1. The van der Waals surface area contributed by atoms with E-state index in [-0.39, 0.29) is 11.7 Å². The van der Waals surface area contributed by atoms with Crippen molar-refractivity contribution in [2.45, 2.75) is 0 Å². The third-order valence-corrected chi connectivity index (χ3v) is 6.25. The molecule has 1 amide bonds. The molecule has 0 saturated carbocycles. The predicted octanol–water partition coefficient (Wildman–Crippen LogP) is 7.18. The van der Waals surface area contributed by atoms with Crippen molar-refractivity contribution < 1.29 is 9.18 Å². The lowest BCUT2D eigenvalue weighted by Gasteiger charge is -2.10. The second kappa shape index (κ2) is 8.61. The highest BCUT2D eigenvalue weighted by Crippen LogP contribution is 2.28. The van der Waals surface area contributed by atoms with Gasteiger partial charge < -0.3 is 0 Å². The lowest BCUT2D eigenvalue weighted by atomic mass is 10.0. The molecule has 1 N–H and O–H groups in total. The molecule has 32 heavy (non-hydrogen) atoms. The minimum absolute atomic E-state index is 0.262. The van der Waals surface area contributed by atoms with Crippen LogP contribution in [0.5, 0.6) is 0 Å². The monoisotopic (exact) mass is 503 g/mol. The van der Waals surface area contributed by atoms with Crippen LogP contribution in [0.4, 0.5) is 9.52 Å². The zero-order chi connectivity index (χ0) is 22.1. The summed E-state index contributed by atoms with van der Waals surface area (Å²) < 4.78 is 14.2. The number of benzene rings is 3. The largest absolute Gasteiger partial charge is 0.298 e. The summed E-state index contributed by atoms with van der Waals surface area (Å²) in [6.45, 7) is 0. The summed E-state index contributed by atoms with van der Waals surface area (Å²) in [6, 6.07) is 23.3. The smallest absolute Gasteiger partial charge is 0.258 e. The van der Waals surface area contributed by atoms with Gasteiger partial charge in [0.1, 0.15) is 5.82 Å². The van der Waals surface area contributed by atoms with E-state index >= 15 is 0 Å². The molecule has 0 aliphatic rings. The molecule has 4 nitrogen and oxygen atoms in total. The number of carbonyl (C=O) groups is 1. The number of fused-ring (bicyclic) bond motifs is 1. The van der Waals surface area contributed by atoms with E-state index in [4.69, 9.17) is 4.98 Å². The highest BCUT2D eigenvalue weighted by molar-refractivity contribution is 9.10. The Balaban J connectivity index is 1.49. The van der Waals surface area contributed by atoms with Gasteiger partial charge in [0.15, 0.2) is 5.13 Å². The van der Waals surface area contributed by atoms with Crippen LogP contribution >= 0.6 is 27.3 Å². The molecule has 3 aromatic carbocycles. The highest BCUT2D eigenvalue weighted by Gasteiger charge is 2.16. The Morgan fingerprint density at radius 3 is 2.34 bits per heavy atom. The molecular formula is C25H15BrFN3OS. The zero-order valence-electron chi connectivity index (χ0n) is 16.5. The van der Waals surface area contributed by atoms with Crippen LogP contribution in [0.25, 0.3) is 33.4 Å². The third kappa shape index (κ3) is 4.17. The van der Waals surface area contributed by atoms with E-state index in [9.17, 15) is 9.18 Å². The summed E-state index contributed by atoms with van der Waals surface area (Å²) in [5.41, 5.74) is 4.36. The average Bonchev–Trinajstić information content (AvgIpc) is 3.27. The molecule has 0 saturated heterocycles. The summed E-state index contributed by atoms with van der Waals surface area (Å²) in [4.78, 5) is 22.5. The molecule has 2 aromatic heterocycles. The van der Waals surface area contributed by atoms with Crippen molar-refractivity contribution >= 4 is 49.2 Å². The fraction of sp³-hybridized carbons (Fsp3) is 0. The number of nitrogens with zero attached hydrogens (tertiary/aromatic N) is 2. The summed E-state index contributed by atoms with van der Waals surface area (Å²) >= 11 is 4.77. The third-order valence-electron chi connectivity index (χ3n) is 4.97. The number of nitrogens with one attached hydrogen (secondary N) is 1. The van der Waals surface area contributed by atoms with Gasteiger partial charge in [0.05, 0.1) is 22.5 Å². The van der Waals surface area contributed by atoms with Gasteiger partial charge in [0, 0.05) is 26.4 Å². The molecule has 0 bridgehead atoms. The van der Waals surface area contributed by atoms with E-state index in [1.807, 2.05) is 53.9 Å². The van der Waals surface area contributed by atoms with Crippen LogP contribution in [0.1, 0.15) is 10.4 Å². The Morgan fingerprint density at radius 2 is 1.56 bits per heavy atom. The SMILES string of the molecule is O=C(Nc1nc(-c2ccc(F)cc2)cs1)c1cc(-c2ccc(Br)cc2)nc2ccccc12. The summed E-state index contributed by atoms with van der Waals surface area (Å²) in [6.07, 6.45) is 0. The maximum Gasteiger partial charge on any atom is 0.258 e. The molecule has 5 aromatic rings. The summed E-state index contributed by atoms with van der Waals surface area (Å²) in [7, 11) is 0. The van der Waals surface area contributed by atoms with Gasteiger partial charge in [-0.1, -0.05) is 46.3 Å². The van der Waals surface area contributed by atoms with Crippen molar-refractivity contribution in [3.63, 3.8) is 0 Å². The fourth-order valence-corrected chi connectivity index (χ4v) is 4.36. The van der Waals surface area contributed by atoms with E-state index in [0.29, 0.717) is 22.1 Å². The molecule has 5 rings (SSSR count). The predicted molar refractivity (Wildman–Crippen MR) is 130 cm³/mol. The van der Waals surface area contributed by atoms with Gasteiger partial charge in [0.2, 0.25) is 0 Å². The molecule has 0 aliphatic carbocycles. The van der Waals surface area contributed by atoms with Crippen molar-refractivity contribution in [1.82, 2.24) is 9.97 Å². The zero-order valence-corrected chi connectivity index (χ0v) is 19.0. The quantitative estimate of drug-likeness (QED) is 0.282. The molecule has 156 valence electrons. The van der Waals surface area contributed by atoms with Gasteiger partial charge in [0.25, 0.3) is 5.91 Å². The van der Waals surface area contributed by atoms with Crippen molar-refractivity contribution in [1.29, 1.82) is 0 Å². The number of hydrogen-bond donors (Lipinski definition) is 1. The van der Waals surface area contributed by atoms with Gasteiger partial charge in [-0.25, -0.2) is 14.4 Å². The van der Waals surface area contributed by atoms with E-state index in [0.717, 1.165) is 26.5 Å². The maximum absolute atomic E-state index is 13.2. The molecule has 7 heteroatoms. The van der Waals surface area contributed by atoms with E-state index in [1.165, 1.54) is 23.5 Å². The van der Waals surface area contributed by atoms with Crippen LogP contribution in [0, 0.1) is 5.82 Å². The van der Waals surface area contributed by atoms with Gasteiger partial charge in [-0.3, -0.25) is 10.1 Å². The van der Waals surface area contributed by atoms with Gasteiger partial charge in [-0.2, -0.15) is 0 Å². The second-order valence-corrected chi connectivity index (χ2v) is 8.85. The Hall–Kier alpha value is -3.42. The lowest BCUT2D eigenvalue weighted by Crippen LogP contribution is -2.13. The van der Waals surface area contributed by atoms with Crippen LogP contribution in [0.3, 0.4) is 0 Å². The number of hydrogen-bond acceptors (Lipinski definition) is 4. The number of para-hydroxylation sites is 1. The molecule has 0 spiro atoms. The Labute approximate surface area is 195 Å². The number of rotatable bonds is 4. The number of pyridine rings is 1. The van der Waals surface area contributed by atoms with Crippen LogP contribution in [0.15, 0.2) is 88.7 Å². The molecule has 0 atom stereocenters. The van der Waals surface area contributed by atoms with Crippen molar-refractivity contribution in [3.8, 4) is 22.5 Å². The minimum atomic E-state index is -0.302. The second-order valence-electron chi connectivity index (χ2n) is 7.08. The molecule has 0 radical (unpaired) electrons. The lowest BCUT2D eigenvalue weighted by molar-refractivity contribution is 0.102. The van der Waals surface area contributed by atoms with Crippen molar-refractivity contribution in [3.05, 3.63) is 100 Å². The molecule has 0 unspecified atom stereocenters. The highest BCUT2D eigenvalue weighted by atomic mass is 79.9. The Kier molecular flexibility index (Phi) is 5.51. The average molecular weight is 504 g/mol. The standard InChI is InChI=1S/C25H15BrFN3OS/c26-17-9-5-15(6-10-17)22-13-20(19-3-1-2-4-21(19)28-22)24(31)30-25-29-23(14-32-25)16-7-11-18(27)12-8-16/h1-14H,(H,29,30,31). The molecule has 2 heterocycles. The van der Waals surface area contributed by atoms with Crippen LogP contribution in [-0.2, 0) is 0 Å². The molecule has 0 aliphatic heterocycles. The summed E-state index contributed by atoms with van der Waals surface area (Å²) in [5.74, 6) is -0.564. The maximum atomic E-state index is 13.2. The van der Waals surface area contributed by atoms with Crippen LogP contribution in [0.2, 0.25) is 0 Å². The summed E-state index contributed by atoms with van der Waals surface area (Å²) in [5, 5.41) is 5.97. The van der Waals surface area contributed by atoms with E-state index in [2.05, 4.69) is 26.2 Å². The number of amides is 1. The first-order valence-corrected chi connectivity index (χ1v) is 11.4. The Bertz CT molecular complexity index is 1430. The van der Waals surface area contributed by atoms with Gasteiger partial charge in [-0.15, -0.1) is 11.3 Å². The van der Waals surface area contributed by atoms with Gasteiger partial charge >= 0.3 is 0 Å². The van der Waals surface area contributed by atoms with Crippen molar-refractivity contribution in [2.75, 3.05) is 5.32 Å². The van der Waals surface area contributed by atoms with Crippen molar-refractivity contribution in [2.24, 2.45) is 0 Å². The van der Waals surface area contributed by atoms with Crippen LogP contribution in [-0.4, -0.2) is 15.9 Å². The number of aromatic nitrogens is 2. The van der Waals surface area contributed by atoms with Gasteiger partial charge in [-0.05, 0) is 48.5 Å². The Morgan fingerprint density at radius 1 is 0.875 bits per heavy atom. The molecule has 0 fully saturated rings. The topological polar surface area (TPSA) is 54.9 Å².